The van der Waals surface area contributed by atoms with Crippen molar-refractivity contribution in [3.63, 3.8) is 0 Å². The van der Waals surface area contributed by atoms with Gasteiger partial charge in [0.05, 0.1) is 13.2 Å². The highest BCUT2D eigenvalue weighted by molar-refractivity contribution is 4.72. The SMILES string of the molecule is CC1(C)CNCCOC1. The molecule has 1 saturated heterocycles. The Labute approximate surface area is 56.6 Å². The summed E-state index contributed by atoms with van der Waals surface area (Å²) in [6.07, 6.45) is 0. The van der Waals surface area contributed by atoms with Crippen molar-refractivity contribution in [1.82, 2.24) is 5.32 Å². The van der Waals surface area contributed by atoms with Gasteiger partial charge in [-0.05, 0) is 0 Å². The Hall–Kier alpha value is -0.0800. The normalized spacial score (nSPS) is 27.3. The van der Waals surface area contributed by atoms with Gasteiger partial charge in [-0.25, -0.2) is 0 Å². The van der Waals surface area contributed by atoms with E-state index in [-0.39, 0.29) is 0 Å². The average Bonchev–Trinajstić information content (AvgIpc) is 1.92. The van der Waals surface area contributed by atoms with Gasteiger partial charge in [-0.2, -0.15) is 0 Å². The highest BCUT2D eigenvalue weighted by atomic mass is 16.5. The fourth-order valence-electron chi connectivity index (χ4n) is 0.971. The molecule has 1 N–H and O–H groups in total. The third kappa shape index (κ3) is 2.33. The zero-order valence-electron chi connectivity index (χ0n) is 6.24. The van der Waals surface area contributed by atoms with Crippen LogP contribution < -0.4 is 5.32 Å². The number of hydrogen-bond acceptors (Lipinski definition) is 2. The van der Waals surface area contributed by atoms with Crippen molar-refractivity contribution in [2.24, 2.45) is 5.41 Å². The first kappa shape index (κ1) is 7.03. The lowest BCUT2D eigenvalue weighted by atomic mass is 9.95. The standard InChI is InChI=1S/C7H15NO/c1-7(2)5-8-3-4-9-6-7/h8H,3-6H2,1-2H3. The van der Waals surface area contributed by atoms with Crippen molar-refractivity contribution in [1.29, 1.82) is 0 Å². The maximum Gasteiger partial charge on any atom is 0.0591 e. The van der Waals surface area contributed by atoms with E-state index in [1.807, 2.05) is 0 Å². The number of rotatable bonds is 0. The molecule has 54 valence electrons. The van der Waals surface area contributed by atoms with Crippen LogP contribution in [0, 0.1) is 5.41 Å². The zero-order valence-corrected chi connectivity index (χ0v) is 6.24. The van der Waals surface area contributed by atoms with Crippen molar-refractivity contribution in [2.45, 2.75) is 13.8 Å². The Morgan fingerprint density at radius 3 is 3.00 bits per heavy atom. The molecule has 0 aromatic carbocycles. The predicted octanol–water partition coefficient (Wildman–Crippen LogP) is 0.632. The molecule has 0 atom stereocenters. The van der Waals surface area contributed by atoms with E-state index in [1.165, 1.54) is 0 Å². The Morgan fingerprint density at radius 1 is 1.44 bits per heavy atom. The second-order valence-electron chi connectivity index (χ2n) is 3.39. The minimum absolute atomic E-state index is 0.330. The van der Waals surface area contributed by atoms with Crippen LogP contribution in [0.15, 0.2) is 0 Å². The van der Waals surface area contributed by atoms with Crippen LogP contribution in [-0.4, -0.2) is 26.3 Å². The third-order valence-electron chi connectivity index (χ3n) is 1.52. The lowest BCUT2D eigenvalue weighted by Gasteiger charge is -2.20. The molecule has 0 unspecified atom stereocenters. The van der Waals surface area contributed by atoms with Gasteiger partial charge in [0.1, 0.15) is 0 Å². The van der Waals surface area contributed by atoms with Gasteiger partial charge in [0.2, 0.25) is 0 Å². The van der Waals surface area contributed by atoms with Gasteiger partial charge >= 0.3 is 0 Å². The molecule has 0 amide bonds. The van der Waals surface area contributed by atoms with Gasteiger partial charge in [-0.15, -0.1) is 0 Å². The van der Waals surface area contributed by atoms with Gasteiger partial charge in [0, 0.05) is 18.5 Å². The van der Waals surface area contributed by atoms with Gasteiger partial charge in [-0.1, -0.05) is 13.8 Å². The van der Waals surface area contributed by atoms with E-state index in [0.717, 1.165) is 26.3 Å². The highest BCUT2D eigenvalue weighted by Crippen LogP contribution is 2.14. The molecule has 1 aliphatic rings. The molecule has 1 rings (SSSR count). The van der Waals surface area contributed by atoms with E-state index in [0.29, 0.717) is 5.41 Å². The van der Waals surface area contributed by atoms with E-state index >= 15 is 0 Å². The second kappa shape index (κ2) is 2.67. The lowest BCUT2D eigenvalue weighted by Crippen LogP contribution is -2.29. The zero-order chi connectivity index (χ0) is 6.74. The predicted molar refractivity (Wildman–Crippen MR) is 37.5 cm³/mol. The molecule has 0 aliphatic carbocycles. The first-order valence-electron chi connectivity index (χ1n) is 3.49. The van der Waals surface area contributed by atoms with E-state index in [4.69, 9.17) is 4.74 Å². The van der Waals surface area contributed by atoms with E-state index in [9.17, 15) is 0 Å². The van der Waals surface area contributed by atoms with E-state index in [1.54, 1.807) is 0 Å². The van der Waals surface area contributed by atoms with E-state index < -0.39 is 0 Å². The molecule has 0 saturated carbocycles. The number of nitrogens with one attached hydrogen (secondary N) is 1. The summed E-state index contributed by atoms with van der Waals surface area (Å²) >= 11 is 0. The molecule has 0 aromatic rings. The molecule has 1 heterocycles. The van der Waals surface area contributed by atoms with Crippen molar-refractivity contribution >= 4 is 0 Å². The van der Waals surface area contributed by atoms with Crippen molar-refractivity contribution in [2.75, 3.05) is 26.3 Å². The van der Waals surface area contributed by atoms with Crippen LogP contribution in [-0.2, 0) is 4.74 Å². The van der Waals surface area contributed by atoms with Crippen molar-refractivity contribution in [3.8, 4) is 0 Å². The van der Waals surface area contributed by atoms with Crippen LogP contribution in [0.1, 0.15) is 13.8 Å². The largest absolute Gasteiger partial charge is 0.380 e. The van der Waals surface area contributed by atoms with Crippen LogP contribution >= 0.6 is 0 Å². The van der Waals surface area contributed by atoms with Crippen LogP contribution in [0.3, 0.4) is 0 Å². The smallest absolute Gasteiger partial charge is 0.0591 e. The van der Waals surface area contributed by atoms with Gasteiger partial charge in [0.25, 0.3) is 0 Å². The van der Waals surface area contributed by atoms with E-state index in [2.05, 4.69) is 19.2 Å². The number of hydrogen-bond donors (Lipinski definition) is 1. The molecular formula is C7H15NO. The van der Waals surface area contributed by atoms with Gasteiger partial charge in [0.15, 0.2) is 0 Å². The molecule has 0 spiro atoms. The van der Waals surface area contributed by atoms with Crippen LogP contribution in [0.25, 0.3) is 0 Å². The van der Waals surface area contributed by atoms with Crippen LogP contribution in [0.4, 0.5) is 0 Å². The monoisotopic (exact) mass is 129 g/mol. The Balaban J connectivity index is 2.36. The Bertz CT molecular complexity index is 80.9. The van der Waals surface area contributed by atoms with Gasteiger partial charge < -0.3 is 10.1 Å². The molecule has 0 aromatic heterocycles. The summed E-state index contributed by atoms with van der Waals surface area (Å²) < 4.78 is 5.35. The summed E-state index contributed by atoms with van der Waals surface area (Å²) in [7, 11) is 0. The highest BCUT2D eigenvalue weighted by Gasteiger charge is 2.19. The number of ether oxygens (including phenoxy) is 1. The van der Waals surface area contributed by atoms with Crippen molar-refractivity contribution in [3.05, 3.63) is 0 Å². The van der Waals surface area contributed by atoms with Crippen LogP contribution in [0.5, 0.6) is 0 Å². The third-order valence-corrected chi connectivity index (χ3v) is 1.52. The molecule has 0 radical (unpaired) electrons. The maximum absolute atomic E-state index is 5.35. The Kier molecular flexibility index (Phi) is 2.09. The molecular weight excluding hydrogens is 114 g/mol. The molecule has 2 heteroatoms. The first-order valence-corrected chi connectivity index (χ1v) is 3.49. The van der Waals surface area contributed by atoms with Gasteiger partial charge in [-0.3, -0.25) is 0 Å². The fourth-order valence-corrected chi connectivity index (χ4v) is 0.971. The minimum atomic E-state index is 0.330. The molecule has 2 nitrogen and oxygen atoms in total. The summed E-state index contributed by atoms with van der Waals surface area (Å²) in [6, 6.07) is 0. The lowest BCUT2D eigenvalue weighted by molar-refractivity contribution is 0.0892. The molecule has 0 bridgehead atoms. The summed E-state index contributed by atoms with van der Waals surface area (Å²) in [5.41, 5.74) is 0.330. The van der Waals surface area contributed by atoms with Crippen LogP contribution in [0.2, 0.25) is 0 Å². The quantitative estimate of drug-likeness (QED) is 0.518. The first-order chi connectivity index (χ1) is 4.21. The summed E-state index contributed by atoms with van der Waals surface area (Å²) in [5, 5.41) is 3.31. The fraction of sp³-hybridized carbons (Fsp3) is 1.00. The molecule has 9 heavy (non-hydrogen) atoms. The molecule has 1 aliphatic heterocycles. The Morgan fingerprint density at radius 2 is 2.22 bits per heavy atom. The second-order valence-corrected chi connectivity index (χ2v) is 3.39. The summed E-state index contributed by atoms with van der Waals surface area (Å²) in [4.78, 5) is 0. The summed E-state index contributed by atoms with van der Waals surface area (Å²) in [5.74, 6) is 0. The minimum Gasteiger partial charge on any atom is -0.380 e. The average molecular weight is 129 g/mol. The molecule has 1 fully saturated rings. The topological polar surface area (TPSA) is 21.3 Å². The summed E-state index contributed by atoms with van der Waals surface area (Å²) in [6.45, 7) is 8.26. The van der Waals surface area contributed by atoms with Crippen molar-refractivity contribution < 1.29 is 4.74 Å². The maximum atomic E-state index is 5.35.